The Morgan fingerprint density at radius 1 is 1.10 bits per heavy atom. The van der Waals surface area contributed by atoms with Crippen molar-refractivity contribution in [2.45, 2.75) is 31.8 Å². The van der Waals surface area contributed by atoms with Gasteiger partial charge in [-0.2, -0.15) is 0 Å². The van der Waals surface area contributed by atoms with Gasteiger partial charge in [0, 0.05) is 16.5 Å². The Labute approximate surface area is 183 Å². The molecule has 0 radical (unpaired) electrons. The molecule has 0 unspecified atom stereocenters. The van der Waals surface area contributed by atoms with Gasteiger partial charge in [-0.1, -0.05) is 79.7 Å². The van der Waals surface area contributed by atoms with Gasteiger partial charge in [0.15, 0.2) is 10.9 Å². The van der Waals surface area contributed by atoms with E-state index in [1.807, 2.05) is 36.6 Å². The first kappa shape index (κ1) is 20.6. The number of fused-ring (bicyclic) bond motifs is 1. The first-order valence-electron chi connectivity index (χ1n) is 9.77. The highest BCUT2D eigenvalue weighted by atomic mass is 32.2. The number of aryl methyl sites for hydroxylation is 1. The molecule has 2 heterocycles. The van der Waals surface area contributed by atoms with Crippen LogP contribution < -0.4 is 5.56 Å². The highest BCUT2D eigenvalue weighted by Crippen LogP contribution is 2.32. The van der Waals surface area contributed by atoms with E-state index in [2.05, 4.69) is 48.1 Å². The lowest BCUT2D eigenvalue weighted by atomic mass is 9.99. The zero-order valence-corrected chi connectivity index (χ0v) is 18.7. The minimum atomic E-state index is -0.172. The lowest BCUT2D eigenvalue weighted by Gasteiger charge is -2.06. The van der Waals surface area contributed by atoms with E-state index in [-0.39, 0.29) is 17.1 Å². The second-order valence-electron chi connectivity index (χ2n) is 7.56. The van der Waals surface area contributed by atoms with Crippen molar-refractivity contribution >= 4 is 39.1 Å². The summed E-state index contributed by atoms with van der Waals surface area (Å²) in [5, 5.41) is 3.05. The number of carbonyl (C=O) groups is 1. The zero-order valence-electron chi connectivity index (χ0n) is 17.1. The summed E-state index contributed by atoms with van der Waals surface area (Å²) < 4.78 is 0. The first-order chi connectivity index (χ1) is 14.4. The maximum Gasteiger partial charge on any atom is 0.260 e. The standard InChI is InChI=1S/C24H22N2O2S2/c1-14(2)16-8-10-17(11-9-16)19-12-29-23-21(19)22(28)25-24(26-23)30-13-20(27)18-6-4-15(3)5-7-18/h4-12,14H,13H2,1-3H3,(H,25,26,28). The number of rotatable bonds is 6. The van der Waals surface area contributed by atoms with Crippen LogP contribution in [0.2, 0.25) is 0 Å². The predicted molar refractivity (Wildman–Crippen MR) is 126 cm³/mol. The fraction of sp³-hybridized carbons (Fsp3) is 0.208. The van der Waals surface area contributed by atoms with Gasteiger partial charge in [0.1, 0.15) is 4.83 Å². The molecular weight excluding hydrogens is 412 g/mol. The van der Waals surface area contributed by atoms with Crippen molar-refractivity contribution in [3.05, 3.63) is 81.0 Å². The summed E-state index contributed by atoms with van der Waals surface area (Å²) >= 11 is 2.71. The Balaban J connectivity index is 1.57. The number of aromatic nitrogens is 2. The highest BCUT2D eigenvalue weighted by Gasteiger charge is 2.15. The molecular formula is C24H22N2O2S2. The molecule has 4 rings (SSSR count). The van der Waals surface area contributed by atoms with Crippen LogP contribution in [0.4, 0.5) is 0 Å². The number of carbonyl (C=O) groups excluding carboxylic acids is 1. The summed E-state index contributed by atoms with van der Waals surface area (Å²) in [5.41, 5.74) is 4.78. The van der Waals surface area contributed by atoms with Crippen molar-refractivity contribution in [3.8, 4) is 11.1 Å². The fourth-order valence-electron chi connectivity index (χ4n) is 3.21. The average molecular weight is 435 g/mol. The minimum absolute atomic E-state index is 0.0138. The fourth-order valence-corrected chi connectivity index (χ4v) is 4.98. The Kier molecular flexibility index (Phi) is 5.88. The van der Waals surface area contributed by atoms with E-state index in [0.29, 0.717) is 26.9 Å². The molecule has 2 aromatic heterocycles. The van der Waals surface area contributed by atoms with E-state index in [1.54, 1.807) is 0 Å². The summed E-state index contributed by atoms with van der Waals surface area (Å²) in [6, 6.07) is 15.8. The van der Waals surface area contributed by atoms with Crippen LogP contribution in [0.1, 0.15) is 41.3 Å². The number of hydrogen-bond donors (Lipinski definition) is 1. The molecule has 30 heavy (non-hydrogen) atoms. The monoisotopic (exact) mass is 434 g/mol. The van der Waals surface area contributed by atoms with Crippen molar-refractivity contribution in [2.75, 3.05) is 5.75 Å². The molecule has 4 nitrogen and oxygen atoms in total. The lowest BCUT2D eigenvalue weighted by Crippen LogP contribution is -2.10. The molecule has 0 aliphatic carbocycles. The summed E-state index contributed by atoms with van der Waals surface area (Å²) in [6.07, 6.45) is 0. The number of Topliss-reactive ketones (excluding diaryl/α,β-unsaturated/α-hetero) is 1. The second kappa shape index (κ2) is 8.58. The zero-order chi connectivity index (χ0) is 21.3. The topological polar surface area (TPSA) is 62.8 Å². The minimum Gasteiger partial charge on any atom is -0.301 e. The van der Waals surface area contributed by atoms with Gasteiger partial charge in [-0.25, -0.2) is 4.98 Å². The molecule has 4 aromatic rings. The number of benzene rings is 2. The molecule has 0 spiro atoms. The third kappa shape index (κ3) is 4.25. The Bertz CT molecular complexity index is 1250. The maximum absolute atomic E-state index is 12.8. The molecule has 1 N–H and O–H groups in total. The molecule has 0 fully saturated rings. The van der Waals surface area contributed by atoms with Gasteiger partial charge in [-0.05, 0) is 24.0 Å². The quantitative estimate of drug-likeness (QED) is 0.228. The molecule has 2 aromatic carbocycles. The number of hydrogen-bond acceptors (Lipinski definition) is 5. The number of thioether (sulfide) groups is 1. The van der Waals surface area contributed by atoms with E-state index in [9.17, 15) is 9.59 Å². The van der Waals surface area contributed by atoms with Gasteiger partial charge in [-0.15, -0.1) is 11.3 Å². The highest BCUT2D eigenvalue weighted by molar-refractivity contribution is 7.99. The van der Waals surface area contributed by atoms with Crippen molar-refractivity contribution < 1.29 is 4.79 Å². The van der Waals surface area contributed by atoms with Gasteiger partial charge in [0.2, 0.25) is 0 Å². The molecule has 0 amide bonds. The normalized spacial score (nSPS) is 11.3. The molecule has 0 atom stereocenters. The van der Waals surface area contributed by atoms with E-state index < -0.39 is 0 Å². The first-order valence-corrected chi connectivity index (χ1v) is 11.6. The van der Waals surface area contributed by atoms with E-state index in [1.165, 1.54) is 28.7 Å². The average Bonchev–Trinajstić information content (AvgIpc) is 3.17. The van der Waals surface area contributed by atoms with Crippen molar-refractivity contribution in [1.82, 2.24) is 9.97 Å². The van der Waals surface area contributed by atoms with Crippen LogP contribution >= 0.6 is 23.1 Å². The molecule has 0 saturated heterocycles. The van der Waals surface area contributed by atoms with Crippen molar-refractivity contribution in [2.24, 2.45) is 0 Å². The number of H-pyrrole nitrogens is 1. The van der Waals surface area contributed by atoms with Gasteiger partial charge in [-0.3, -0.25) is 9.59 Å². The summed E-state index contributed by atoms with van der Waals surface area (Å²) in [4.78, 5) is 33.3. The number of nitrogens with zero attached hydrogens (tertiary/aromatic N) is 1. The Morgan fingerprint density at radius 2 is 1.80 bits per heavy atom. The third-order valence-corrected chi connectivity index (χ3v) is 6.77. The lowest BCUT2D eigenvalue weighted by molar-refractivity contribution is 0.102. The van der Waals surface area contributed by atoms with Crippen LogP contribution in [0, 0.1) is 6.92 Å². The van der Waals surface area contributed by atoms with E-state index in [4.69, 9.17) is 0 Å². The number of ketones is 1. The largest absolute Gasteiger partial charge is 0.301 e. The van der Waals surface area contributed by atoms with Gasteiger partial charge < -0.3 is 4.98 Å². The van der Waals surface area contributed by atoms with Crippen molar-refractivity contribution in [1.29, 1.82) is 0 Å². The van der Waals surface area contributed by atoms with Gasteiger partial charge in [0.05, 0.1) is 11.1 Å². The van der Waals surface area contributed by atoms with E-state index in [0.717, 1.165) is 16.7 Å². The second-order valence-corrected chi connectivity index (χ2v) is 9.38. The molecule has 152 valence electrons. The van der Waals surface area contributed by atoms with E-state index >= 15 is 0 Å². The van der Waals surface area contributed by atoms with Crippen LogP contribution in [0.5, 0.6) is 0 Å². The van der Waals surface area contributed by atoms with Gasteiger partial charge in [0.25, 0.3) is 5.56 Å². The van der Waals surface area contributed by atoms with Crippen LogP contribution in [0.15, 0.2) is 63.9 Å². The predicted octanol–water partition coefficient (Wildman–Crippen LogP) is 6.06. The maximum atomic E-state index is 12.8. The smallest absolute Gasteiger partial charge is 0.260 e. The summed E-state index contributed by atoms with van der Waals surface area (Å²) in [6.45, 7) is 6.31. The van der Waals surface area contributed by atoms with Crippen LogP contribution in [-0.4, -0.2) is 21.5 Å². The number of thiophene rings is 1. The van der Waals surface area contributed by atoms with Crippen LogP contribution in [-0.2, 0) is 0 Å². The third-order valence-electron chi connectivity index (χ3n) is 5.02. The summed E-state index contributed by atoms with van der Waals surface area (Å²) in [5.74, 6) is 0.706. The Hall–Kier alpha value is -2.70. The summed E-state index contributed by atoms with van der Waals surface area (Å²) in [7, 11) is 0. The molecule has 0 saturated carbocycles. The molecule has 0 bridgehead atoms. The number of nitrogens with one attached hydrogen (secondary N) is 1. The molecule has 6 heteroatoms. The number of aromatic amines is 1. The van der Waals surface area contributed by atoms with Crippen molar-refractivity contribution in [3.63, 3.8) is 0 Å². The Morgan fingerprint density at radius 3 is 2.47 bits per heavy atom. The SMILES string of the molecule is Cc1ccc(C(=O)CSc2nc3scc(-c4ccc(C(C)C)cc4)c3c(=O)[nH]2)cc1. The molecule has 0 aliphatic rings. The van der Waals surface area contributed by atoms with Crippen LogP contribution in [0.25, 0.3) is 21.3 Å². The van der Waals surface area contributed by atoms with Crippen LogP contribution in [0.3, 0.4) is 0 Å². The molecule has 0 aliphatic heterocycles. The van der Waals surface area contributed by atoms with Gasteiger partial charge >= 0.3 is 0 Å².